The van der Waals surface area contributed by atoms with Gasteiger partial charge < -0.3 is 33.9 Å². The van der Waals surface area contributed by atoms with E-state index in [-0.39, 0.29) is 40.0 Å². The lowest BCUT2D eigenvalue weighted by Crippen LogP contribution is -2.35. The molecule has 1 aliphatic rings. The number of methoxy groups -OCH3 is 3. The number of carbonyl (C=O) groups excluding carboxylic acids is 3. The topological polar surface area (TPSA) is 115 Å². The monoisotopic (exact) mass is 532 g/mol. The fourth-order valence-electron chi connectivity index (χ4n) is 4.05. The first-order chi connectivity index (χ1) is 17.5. The Balaban J connectivity index is 2.28. The van der Waals surface area contributed by atoms with Crippen molar-refractivity contribution >= 4 is 35.0 Å². The van der Waals surface area contributed by atoms with E-state index in [1.54, 1.807) is 12.1 Å². The summed E-state index contributed by atoms with van der Waals surface area (Å²) in [6, 6.07) is 6.58. The van der Waals surface area contributed by atoms with E-state index in [1.807, 2.05) is 19.0 Å². The second kappa shape index (κ2) is 11.5. The molecule has 11 heteroatoms. The van der Waals surface area contributed by atoms with Crippen molar-refractivity contribution in [3.63, 3.8) is 0 Å². The minimum absolute atomic E-state index is 0.107. The highest BCUT2D eigenvalue weighted by atomic mass is 35.5. The average molecular weight is 533 g/mol. The van der Waals surface area contributed by atoms with Crippen molar-refractivity contribution in [3.05, 3.63) is 52.1 Å². The number of carbonyl (C=O) groups is 3. The quantitative estimate of drug-likeness (QED) is 0.171. The molecule has 1 fully saturated rings. The van der Waals surface area contributed by atoms with Crippen LogP contribution in [0.2, 0.25) is 5.02 Å². The average Bonchev–Trinajstić information content (AvgIpc) is 3.11. The first-order valence-corrected chi connectivity index (χ1v) is 11.6. The molecule has 1 aliphatic heterocycles. The zero-order valence-electron chi connectivity index (χ0n) is 21.5. The van der Waals surface area contributed by atoms with Crippen LogP contribution in [0.15, 0.2) is 35.9 Å². The molecule has 0 radical (unpaired) electrons. The maximum absolute atomic E-state index is 13.3. The molecule has 10 nitrogen and oxygen atoms in total. The second-order valence-corrected chi connectivity index (χ2v) is 8.89. The number of hydrogen-bond donors (Lipinski definition) is 1. The van der Waals surface area contributed by atoms with Crippen LogP contribution in [0.5, 0.6) is 23.0 Å². The van der Waals surface area contributed by atoms with Gasteiger partial charge in [0.05, 0.1) is 43.5 Å². The Labute approximate surface area is 219 Å². The third-order valence-corrected chi connectivity index (χ3v) is 6.11. The van der Waals surface area contributed by atoms with Crippen molar-refractivity contribution in [2.24, 2.45) is 0 Å². The van der Waals surface area contributed by atoms with Gasteiger partial charge in [0.1, 0.15) is 17.3 Å². The van der Waals surface area contributed by atoms with E-state index in [9.17, 15) is 19.5 Å². The number of halogens is 1. The molecular formula is C26H29ClN2O8. The molecule has 37 heavy (non-hydrogen) atoms. The summed E-state index contributed by atoms with van der Waals surface area (Å²) in [6.07, 6.45) is 0. The highest BCUT2D eigenvalue weighted by Crippen LogP contribution is 2.44. The van der Waals surface area contributed by atoms with Gasteiger partial charge in [0.15, 0.2) is 11.5 Å². The first kappa shape index (κ1) is 27.8. The minimum atomic E-state index is -0.995. The largest absolute Gasteiger partial charge is 0.507 e. The number of benzene rings is 2. The summed E-state index contributed by atoms with van der Waals surface area (Å²) in [7, 11) is 7.91. The Kier molecular flexibility index (Phi) is 8.67. The number of likely N-dealkylation sites (tertiary alicyclic amines) is 1. The smallest absolute Gasteiger partial charge is 0.308 e. The number of ether oxygens (including phenoxy) is 4. The minimum Gasteiger partial charge on any atom is -0.507 e. The van der Waals surface area contributed by atoms with E-state index >= 15 is 0 Å². The van der Waals surface area contributed by atoms with Crippen molar-refractivity contribution in [2.75, 3.05) is 48.5 Å². The molecule has 2 aromatic carbocycles. The van der Waals surface area contributed by atoms with Crippen LogP contribution < -0.4 is 18.9 Å². The first-order valence-electron chi connectivity index (χ1n) is 11.2. The standard InChI is InChI=1S/C26H29ClN2O8/c1-14(30)37-21-11-15(7-8-18(21)34-4)23-22(25(32)26(33)29(23)10-9-28(2)3)24(31)16-12-17(27)20(36-6)13-19(16)35-5/h7-8,11-13,23,31H,9-10H2,1-6H3/b24-22+. The zero-order chi connectivity index (χ0) is 27.4. The predicted octanol–water partition coefficient (Wildman–Crippen LogP) is 3.27. The molecule has 3 rings (SSSR count). The van der Waals surface area contributed by atoms with Crippen LogP contribution in [0.4, 0.5) is 0 Å². The van der Waals surface area contributed by atoms with E-state index in [0.29, 0.717) is 17.9 Å². The van der Waals surface area contributed by atoms with Crippen molar-refractivity contribution < 1.29 is 38.4 Å². The van der Waals surface area contributed by atoms with Gasteiger partial charge in [0.25, 0.3) is 11.7 Å². The molecule has 0 spiro atoms. The number of ketones is 1. The Morgan fingerprint density at radius 1 is 1.00 bits per heavy atom. The van der Waals surface area contributed by atoms with Gasteiger partial charge in [-0.05, 0) is 37.9 Å². The van der Waals surface area contributed by atoms with Gasteiger partial charge >= 0.3 is 5.97 Å². The van der Waals surface area contributed by atoms with Gasteiger partial charge in [-0.25, -0.2) is 0 Å². The van der Waals surface area contributed by atoms with Gasteiger partial charge in [-0.2, -0.15) is 0 Å². The number of aliphatic hydroxyl groups excluding tert-OH is 1. The normalized spacial score (nSPS) is 16.8. The van der Waals surface area contributed by atoms with E-state index in [2.05, 4.69) is 0 Å². The highest BCUT2D eigenvalue weighted by molar-refractivity contribution is 6.46. The lowest BCUT2D eigenvalue weighted by atomic mass is 9.94. The number of rotatable bonds is 9. The number of amides is 1. The van der Waals surface area contributed by atoms with Crippen LogP contribution >= 0.6 is 11.6 Å². The number of Topliss-reactive ketones (excluding diaryl/α,β-unsaturated/α-hetero) is 1. The summed E-state index contributed by atoms with van der Waals surface area (Å²) in [5, 5.41) is 11.6. The number of aliphatic hydroxyl groups is 1. The molecule has 1 N–H and O–H groups in total. The lowest BCUT2D eigenvalue weighted by Gasteiger charge is -2.27. The van der Waals surface area contributed by atoms with Crippen molar-refractivity contribution in [1.29, 1.82) is 0 Å². The third kappa shape index (κ3) is 5.65. The number of nitrogens with zero attached hydrogens (tertiary/aromatic N) is 2. The van der Waals surface area contributed by atoms with Crippen LogP contribution in [0.1, 0.15) is 24.1 Å². The molecule has 198 valence electrons. The van der Waals surface area contributed by atoms with Gasteiger partial charge in [0, 0.05) is 26.1 Å². The molecule has 1 atom stereocenters. The predicted molar refractivity (Wildman–Crippen MR) is 136 cm³/mol. The number of hydrogen-bond acceptors (Lipinski definition) is 9. The summed E-state index contributed by atoms with van der Waals surface area (Å²) < 4.78 is 21.2. The van der Waals surface area contributed by atoms with E-state index in [4.69, 9.17) is 30.5 Å². The zero-order valence-corrected chi connectivity index (χ0v) is 22.2. The molecule has 1 amide bonds. The van der Waals surface area contributed by atoms with Crippen molar-refractivity contribution in [2.45, 2.75) is 13.0 Å². The summed E-state index contributed by atoms with van der Waals surface area (Å²) in [4.78, 5) is 41.4. The lowest BCUT2D eigenvalue weighted by molar-refractivity contribution is -0.140. The summed E-state index contributed by atoms with van der Waals surface area (Å²) in [5.41, 5.74) is 0.370. The summed E-state index contributed by atoms with van der Waals surface area (Å²) in [5.74, 6) is -1.82. The molecule has 0 saturated carbocycles. The maximum Gasteiger partial charge on any atom is 0.308 e. The Hall–Kier alpha value is -3.76. The summed E-state index contributed by atoms with van der Waals surface area (Å²) >= 11 is 6.30. The Bertz CT molecular complexity index is 1260. The van der Waals surface area contributed by atoms with Crippen LogP contribution in [0.25, 0.3) is 5.76 Å². The van der Waals surface area contributed by atoms with Gasteiger partial charge in [-0.3, -0.25) is 14.4 Å². The van der Waals surface area contributed by atoms with Crippen molar-refractivity contribution in [1.82, 2.24) is 9.80 Å². The van der Waals surface area contributed by atoms with Gasteiger partial charge in [0.2, 0.25) is 0 Å². The van der Waals surface area contributed by atoms with Crippen LogP contribution in [-0.4, -0.2) is 81.1 Å². The SMILES string of the molecule is COc1cc(OC)c(/C(O)=C2\C(=O)C(=O)N(CCN(C)C)C2c2ccc(OC)c(OC(C)=O)c2)cc1Cl. The number of likely N-dealkylation sites (N-methyl/N-ethyl adjacent to an activating group) is 1. The van der Waals surface area contributed by atoms with Crippen LogP contribution in [-0.2, 0) is 14.4 Å². The molecule has 1 saturated heterocycles. The van der Waals surface area contributed by atoms with Crippen molar-refractivity contribution in [3.8, 4) is 23.0 Å². The van der Waals surface area contributed by atoms with Gasteiger partial charge in [-0.15, -0.1) is 0 Å². The molecule has 0 aromatic heterocycles. The molecule has 2 aromatic rings. The van der Waals surface area contributed by atoms with Crippen LogP contribution in [0, 0.1) is 0 Å². The third-order valence-electron chi connectivity index (χ3n) is 5.81. The number of esters is 1. The Morgan fingerprint density at radius 3 is 2.22 bits per heavy atom. The van der Waals surface area contributed by atoms with Gasteiger partial charge in [-0.1, -0.05) is 17.7 Å². The van der Waals surface area contributed by atoms with E-state index in [1.165, 1.54) is 51.4 Å². The fourth-order valence-corrected chi connectivity index (χ4v) is 4.29. The van der Waals surface area contributed by atoms with E-state index in [0.717, 1.165) is 0 Å². The van der Waals surface area contributed by atoms with E-state index < -0.39 is 29.5 Å². The maximum atomic E-state index is 13.3. The Morgan fingerprint density at radius 2 is 1.65 bits per heavy atom. The second-order valence-electron chi connectivity index (χ2n) is 8.49. The fraction of sp³-hybridized carbons (Fsp3) is 0.346. The molecular weight excluding hydrogens is 504 g/mol. The summed E-state index contributed by atoms with van der Waals surface area (Å²) in [6.45, 7) is 1.89. The molecule has 0 bridgehead atoms. The van der Waals surface area contributed by atoms with Crippen LogP contribution in [0.3, 0.4) is 0 Å². The molecule has 1 unspecified atom stereocenters. The highest BCUT2D eigenvalue weighted by Gasteiger charge is 2.46. The molecule has 0 aliphatic carbocycles. The molecule has 1 heterocycles.